The second kappa shape index (κ2) is 7.51. The predicted octanol–water partition coefficient (Wildman–Crippen LogP) is 2.42. The number of piperidine rings is 1. The Kier molecular flexibility index (Phi) is 4.62. The van der Waals surface area contributed by atoms with Crippen molar-refractivity contribution in [2.45, 2.75) is 25.3 Å². The molecule has 1 unspecified atom stereocenters. The largest absolute Gasteiger partial charge is 0.381 e. The highest BCUT2D eigenvalue weighted by Crippen LogP contribution is 2.49. The molecule has 0 bridgehead atoms. The van der Waals surface area contributed by atoms with Gasteiger partial charge in [0.25, 0.3) is 0 Å². The first-order chi connectivity index (χ1) is 15.2. The number of hydrogen-bond acceptors (Lipinski definition) is 6. The van der Waals surface area contributed by atoms with Crippen molar-refractivity contribution in [3.63, 3.8) is 0 Å². The van der Waals surface area contributed by atoms with E-state index in [1.807, 2.05) is 12.1 Å². The van der Waals surface area contributed by atoms with Crippen LogP contribution in [0.5, 0.6) is 0 Å². The van der Waals surface area contributed by atoms with E-state index in [2.05, 4.69) is 38.6 Å². The summed E-state index contributed by atoms with van der Waals surface area (Å²) in [6, 6.07) is 3.97. The highest BCUT2D eigenvalue weighted by Gasteiger charge is 2.51. The van der Waals surface area contributed by atoms with E-state index >= 15 is 0 Å². The fourth-order valence-corrected chi connectivity index (χ4v) is 5.78. The Morgan fingerprint density at radius 1 is 1.29 bits per heavy atom. The minimum Gasteiger partial charge on any atom is -0.381 e. The van der Waals surface area contributed by atoms with E-state index in [9.17, 15) is 0 Å². The molecule has 1 aliphatic carbocycles. The van der Waals surface area contributed by atoms with Gasteiger partial charge in [-0.05, 0) is 56.5 Å². The van der Waals surface area contributed by atoms with Gasteiger partial charge in [-0.1, -0.05) is 17.6 Å². The van der Waals surface area contributed by atoms with Crippen molar-refractivity contribution in [2.24, 2.45) is 22.2 Å². The number of nitrogens with one attached hydrogen (secondary N) is 2. The van der Waals surface area contributed by atoms with Gasteiger partial charge in [0.15, 0.2) is 0 Å². The van der Waals surface area contributed by atoms with Gasteiger partial charge in [0, 0.05) is 48.5 Å². The normalized spacial score (nSPS) is 29.1. The van der Waals surface area contributed by atoms with Gasteiger partial charge in [-0.25, -0.2) is 4.98 Å². The van der Waals surface area contributed by atoms with Crippen LogP contribution in [0.15, 0.2) is 46.7 Å². The van der Waals surface area contributed by atoms with E-state index in [1.165, 1.54) is 30.5 Å². The number of pyridine rings is 1. The average molecular weight is 416 g/mol. The molecule has 0 amide bonds. The summed E-state index contributed by atoms with van der Waals surface area (Å²) in [7, 11) is 0. The molecule has 0 saturated carbocycles. The molecular formula is C25H29N5O. The highest BCUT2D eigenvalue weighted by molar-refractivity contribution is 6.05. The summed E-state index contributed by atoms with van der Waals surface area (Å²) < 4.78 is 5.67. The van der Waals surface area contributed by atoms with Crippen LogP contribution in [0.2, 0.25) is 0 Å². The van der Waals surface area contributed by atoms with Crippen molar-refractivity contribution < 1.29 is 4.74 Å². The number of aliphatic imine (C=N–C) groups is 1. The van der Waals surface area contributed by atoms with Crippen LogP contribution in [0.3, 0.4) is 0 Å². The van der Waals surface area contributed by atoms with Gasteiger partial charge in [0.2, 0.25) is 0 Å². The van der Waals surface area contributed by atoms with Crippen molar-refractivity contribution in [3.05, 3.63) is 47.3 Å². The van der Waals surface area contributed by atoms with Crippen molar-refractivity contribution >= 4 is 11.7 Å². The monoisotopic (exact) mass is 415 g/mol. The summed E-state index contributed by atoms with van der Waals surface area (Å²) in [5, 5.41) is 6.94. The first-order valence-corrected chi connectivity index (χ1v) is 11.5. The number of rotatable bonds is 3. The minimum absolute atomic E-state index is 0.216. The van der Waals surface area contributed by atoms with Crippen LogP contribution in [-0.4, -0.2) is 61.2 Å². The van der Waals surface area contributed by atoms with Crippen LogP contribution in [0.1, 0.15) is 24.8 Å². The summed E-state index contributed by atoms with van der Waals surface area (Å²) in [5.41, 5.74) is 4.13. The van der Waals surface area contributed by atoms with Crippen LogP contribution in [0.25, 0.3) is 0 Å². The Morgan fingerprint density at radius 3 is 2.94 bits per heavy atom. The second-order valence-corrected chi connectivity index (χ2v) is 9.60. The van der Waals surface area contributed by atoms with Crippen LogP contribution in [-0.2, 0) is 4.74 Å². The molecule has 0 aromatic carbocycles. The smallest absolute Gasteiger partial charge is 0.132 e. The van der Waals surface area contributed by atoms with Crippen LogP contribution in [0.4, 0.5) is 5.82 Å². The van der Waals surface area contributed by atoms with Crippen molar-refractivity contribution in [2.75, 3.05) is 44.7 Å². The topological polar surface area (TPSA) is 61.8 Å². The zero-order valence-corrected chi connectivity index (χ0v) is 17.8. The molecular weight excluding hydrogens is 386 g/mol. The number of terminal acetylenes is 1. The number of ether oxygens (including phenoxy) is 1. The third-order valence-corrected chi connectivity index (χ3v) is 7.56. The molecule has 3 fully saturated rings. The standard InChI is InChI=1S/C25H29N5O/c1-2-17-3-9-27-22(11-17)28-23-13-19(18-4-7-26-8-5-18)20-12-21(24(20)29-23)30-14-25(15-30)6-10-31-16-25/h1,3,9,11-13,18,20,24,26H,4-8,10,14-16H2,(H,27,28,29)/t20-,24?/m0/s1. The van der Waals surface area contributed by atoms with Crippen LogP contribution >= 0.6 is 0 Å². The summed E-state index contributed by atoms with van der Waals surface area (Å²) in [6.45, 7) is 6.24. The third kappa shape index (κ3) is 3.37. The lowest BCUT2D eigenvalue weighted by atomic mass is 9.69. The number of hydrogen-bond donors (Lipinski definition) is 2. The van der Waals surface area contributed by atoms with Gasteiger partial charge in [-0.15, -0.1) is 6.42 Å². The third-order valence-electron chi connectivity index (χ3n) is 7.56. The highest BCUT2D eigenvalue weighted by atomic mass is 16.5. The van der Waals surface area contributed by atoms with Gasteiger partial charge in [0.1, 0.15) is 17.7 Å². The number of anilines is 1. The van der Waals surface area contributed by atoms with Crippen LogP contribution < -0.4 is 10.6 Å². The number of amidine groups is 1. The maximum Gasteiger partial charge on any atom is 0.132 e. The van der Waals surface area contributed by atoms with E-state index < -0.39 is 0 Å². The van der Waals surface area contributed by atoms with Crippen molar-refractivity contribution in [1.82, 2.24) is 15.2 Å². The Hall–Kier alpha value is -2.62. The molecule has 2 atom stereocenters. The molecule has 1 aromatic rings. The zero-order valence-electron chi connectivity index (χ0n) is 17.8. The Bertz CT molecular complexity index is 999. The maximum absolute atomic E-state index is 5.67. The predicted molar refractivity (Wildman–Crippen MR) is 122 cm³/mol. The average Bonchev–Trinajstić information content (AvgIpc) is 3.26. The van der Waals surface area contributed by atoms with E-state index in [0.29, 0.717) is 17.3 Å². The summed E-state index contributed by atoms with van der Waals surface area (Å²) in [5.74, 6) is 5.40. The molecule has 6 rings (SSSR count). The first kappa shape index (κ1) is 19.1. The molecule has 6 heteroatoms. The maximum atomic E-state index is 5.67. The molecule has 4 aliphatic heterocycles. The van der Waals surface area contributed by atoms with E-state index in [-0.39, 0.29) is 6.04 Å². The minimum atomic E-state index is 0.216. The molecule has 31 heavy (non-hydrogen) atoms. The molecule has 6 nitrogen and oxygen atoms in total. The Labute approximate surface area is 183 Å². The molecule has 5 aliphatic rings. The van der Waals surface area contributed by atoms with Gasteiger partial charge >= 0.3 is 0 Å². The van der Waals surface area contributed by atoms with Gasteiger partial charge in [0.05, 0.1) is 6.61 Å². The van der Waals surface area contributed by atoms with E-state index in [0.717, 1.165) is 56.6 Å². The molecule has 2 N–H and O–H groups in total. The fraction of sp³-hybridized carbons (Fsp3) is 0.520. The Morgan fingerprint density at radius 2 is 2.16 bits per heavy atom. The summed E-state index contributed by atoms with van der Waals surface area (Å²) >= 11 is 0. The number of fused-ring (bicyclic) bond motifs is 1. The van der Waals surface area contributed by atoms with Gasteiger partial charge in [-0.2, -0.15) is 0 Å². The second-order valence-electron chi connectivity index (χ2n) is 9.60. The van der Waals surface area contributed by atoms with E-state index in [4.69, 9.17) is 16.2 Å². The quantitative estimate of drug-likeness (QED) is 0.743. The molecule has 1 aromatic heterocycles. The van der Waals surface area contributed by atoms with Crippen molar-refractivity contribution in [1.29, 1.82) is 0 Å². The number of dihydropyridines is 1. The molecule has 3 saturated heterocycles. The zero-order chi connectivity index (χ0) is 20.8. The molecule has 0 radical (unpaired) electrons. The number of likely N-dealkylation sites (tertiary alicyclic amines) is 1. The van der Waals surface area contributed by atoms with Crippen molar-refractivity contribution in [3.8, 4) is 12.3 Å². The van der Waals surface area contributed by atoms with Crippen LogP contribution in [0, 0.1) is 29.6 Å². The molecule has 1 spiro atoms. The summed E-state index contributed by atoms with van der Waals surface area (Å²) in [4.78, 5) is 12.1. The van der Waals surface area contributed by atoms with E-state index in [1.54, 1.807) is 6.20 Å². The van der Waals surface area contributed by atoms with Gasteiger partial charge < -0.3 is 20.3 Å². The Balaban J connectivity index is 1.26. The lowest BCUT2D eigenvalue weighted by Crippen LogP contribution is -2.60. The molecule has 160 valence electrons. The first-order valence-electron chi connectivity index (χ1n) is 11.5. The fourth-order valence-electron chi connectivity index (χ4n) is 5.78. The molecule has 5 heterocycles. The number of nitrogens with zero attached hydrogens (tertiary/aromatic N) is 3. The lowest BCUT2D eigenvalue weighted by molar-refractivity contribution is 0.00809. The lowest BCUT2D eigenvalue weighted by Gasteiger charge is -2.55. The SMILES string of the molecule is C#Cc1ccnc(NC2=NC3C(N4CC5(CCOC5)C4)=C[C@H]3C(C3CCNCC3)=C2)c1. The summed E-state index contributed by atoms with van der Waals surface area (Å²) in [6.07, 6.45) is 15.6. The number of aromatic nitrogens is 1. The van der Waals surface area contributed by atoms with Gasteiger partial charge in [-0.3, -0.25) is 4.99 Å².